The Morgan fingerprint density at radius 1 is 1.00 bits per heavy atom. The number of alkyl halides is 3. The van der Waals surface area contributed by atoms with E-state index in [2.05, 4.69) is 22.0 Å². The molecule has 0 amide bonds. The van der Waals surface area contributed by atoms with E-state index in [-0.39, 0.29) is 0 Å². The molecule has 4 rings (SSSR count). The monoisotopic (exact) mass is 320 g/mol. The van der Waals surface area contributed by atoms with Gasteiger partial charge in [-0.25, -0.2) is 4.98 Å². The number of anilines is 1. The van der Waals surface area contributed by atoms with Crippen molar-refractivity contribution in [2.45, 2.75) is 19.3 Å². The van der Waals surface area contributed by atoms with Crippen molar-refractivity contribution in [2.75, 3.05) is 4.90 Å². The molecule has 2 nitrogen and oxygen atoms in total. The standard InChI is InChI=1S/C16H11F3N2S/c17-16(18,19)12-5-6-13-14(7-12)22-15(20-13)21-8-10-3-1-2-4-11(10)9-21/h1-7H,8-9H2. The van der Waals surface area contributed by atoms with Gasteiger partial charge in [0.25, 0.3) is 0 Å². The highest BCUT2D eigenvalue weighted by Gasteiger charge is 2.31. The summed E-state index contributed by atoms with van der Waals surface area (Å²) in [5, 5.41) is 0.769. The van der Waals surface area contributed by atoms with Crippen molar-refractivity contribution in [1.82, 2.24) is 4.98 Å². The van der Waals surface area contributed by atoms with Gasteiger partial charge in [0.2, 0.25) is 0 Å². The molecule has 0 fully saturated rings. The van der Waals surface area contributed by atoms with E-state index in [1.54, 1.807) is 0 Å². The molecule has 0 bridgehead atoms. The first-order chi connectivity index (χ1) is 10.5. The number of nitrogens with zero attached hydrogens (tertiary/aromatic N) is 2. The van der Waals surface area contributed by atoms with Gasteiger partial charge in [0, 0.05) is 13.1 Å². The molecular formula is C16H11F3N2S. The second-order valence-corrected chi connectivity index (χ2v) is 6.31. The molecule has 0 unspecified atom stereocenters. The lowest BCUT2D eigenvalue weighted by Crippen LogP contribution is -2.13. The van der Waals surface area contributed by atoms with E-state index < -0.39 is 11.7 Å². The van der Waals surface area contributed by atoms with E-state index in [0.29, 0.717) is 10.2 Å². The topological polar surface area (TPSA) is 16.1 Å². The van der Waals surface area contributed by atoms with E-state index in [0.717, 1.165) is 24.3 Å². The maximum Gasteiger partial charge on any atom is 0.416 e. The van der Waals surface area contributed by atoms with Crippen LogP contribution in [0.25, 0.3) is 10.2 Å². The third-order valence-electron chi connectivity index (χ3n) is 3.82. The van der Waals surface area contributed by atoms with Crippen LogP contribution in [0.3, 0.4) is 0 Å². The number of rotatable bonds is 1. The normalized spacial score (nSPS) is 14.6. The van der Waals surface area contributed by atoms with Crippen LogP contribution in [0.4, 0.5) is 18.3 Å². The van der Waals surface area contributed by atoms with Crippen LogP contribution in [0.2, 0.25) is 0 Å². The van der Waals surface area contributed by atoms with E-state index in [1.807, 2.05) is 12.1 Å². The van der Waals surface area contributed by atoms with Crippen molar-refractivity contribution in [3.8, 4) is 0 Å². The molecule has 2 heterocycles. The Morgan fingerprint density at radius 2 is 1.68 bits per heavy atom. The Balaban J connectivity index is 1.69. The fourth-order valence-corrected chi connectivity index (χ4v) is 3.70. The highest BCUT2D eigenvalue weighted by molar-refractivity contribution is 7.22. The number of fused-ring (bicyclic) bond motifs is 2. The van der Waals surface area contributed by atoms with Gasteiger partial charge < -0.3 is 4.90 Å². The van der Waals surface area contributed by atoms with Gasteiger partial charge in [0.1, 0.15) is 0 Å². The summed E-state index contributed by atoms with van der Waals surface area (Å²) in [6, 6.07) is 11.9. The number of hydrogen-bond donors (Lipinski definition) is 0. The van der Waals surface area contributed by atoms with E-state index in [9.17, 15) is 13.2 Å². The third kappa shape index (κ3) is 2.23. The molecule has 0 spiro atoms. The molecule has 112 valence electrons. The first-order valence-corrected chi connectivity index (χ1v) is 7.62. The Bertz CT molecular complexity index is 829. The van der Waals surface area contributed by atoms with Crippen LogP contribution < -0.4 is 4.90 Å². The minimum Gasteiger partial charge on any atom is -0.339 e. The fraction of sp³-hybridized carbons (Fsp3) is 0.188. The minimum atomic E-state index is -4.32. The predicted octanol–water partition coefficient (Wildman–Crippen LogP) is 4.84. The molecule has 0 radical (unpaired) electrons. The summed E-state index contributed by atoms with van der Waals surface area (Å²) in [5.41, 5.74) is 2.49. The van der Waals surface area contributed by atoms with Gasteiger partial charge in [-0.1, -0.05) is 35.6 Å². The lowest BCUT2D eigenvalue weighted by Gasteiger charge is -2.12. The summed E-state index contributed by atoms with van der Waals surface area (Å²) in [4.78, 5) is 6.58. The van der Waals surface area contributed by atoms with Crippen LogP contribution >= 0.6 is 11.3 Å². The zero-order valence-corrected chi connectivity index (χ0v) is 12.2. The van der Waals surface area contributed by atoms with Crippen LogP contribution in [0.1, 0.15) is 16.7 Å². The summed E-state index contributed by atoms with van der Waals surface area (Å²) in [6.45, 7) is 1.50. The van der Waals surface area contributed by atoms with Crippen molar-refractivity contribution in [1.29, 1.82) is 0 Å². The van der Waals surface area contributed by atoms with Gasteiger partial charge in [-0.2, -0.15) is 13.2 Å². The van der Waals surface area contributed by atoms with Crippen molar-refractivity contribution in [3.05, 3.63) is 59.2 Å². The lowest BCUT2D eigenvalue weighted by molar-refractivity contribution is -0.137. The number of hydrogen-bond acceptors (Lipinski definition) is 3. The molecule has 3 aromatic rings. The van der Waals surface area contributed by atoms with Crippen molar-refractivity contribution < 1.29 is 13.2 Å². The SMILES string of the molecule is FC(F)(F)c1ccc2nc(N3Cc4ccccc4C3)sc2c1. The summed E-state index contributed by atoms with van der Waals surface area (Å²) >= 11 is 1.31. The number of thiazole rings is 1. The van der Waals surface area contributed by atoms with Crippen LogP contribution in [-0.2, 0) is 19.3 Å². The second-order valence-electron chi connectivity index (χ2n) is 5.30. The van der Waals surface area contributed by atoms with E-state index in [1.165, 1.54) is 34.6 Å². The molecule has 0 N–H and O–H groups in total. The molecule has 1 aliphatic rings. The Morgan fingerprint density at radius 3 is 2.32 bits per heavy atom. The zero-order valence-electron chi connectivity index (χ0n) is 11.4. The van der Waals surface area contributed by atoms with Gasteiger partial charge in [0.15, 0.2) is 5.13 Å². The van der Waals surface area contributed by atoms with Gasteiger partial charge in [-0.05, 0) is 29.3 Å². The summed E-state index contributed by atoms with van der Waals surface area (Å²) in [5.74, 6) is 0. The molecule has 0 atom stereocenters. The van der Waals surface area contributed by atoms with E-state index >= 15 is 0 Å². The first-order valence-electron chi connectivity index (χ1n) is 6.80. The maximum atomic E-state index is 12.8. The molecule has 6 heteroatoms. The van der Waals surface area contributed by atoms with Crippen LogP contribution in [0.5, 0.6) is 0 Å². The lowest BCUT2D eigenvalue weighted by atomic mass is 10.1. The van der Waals surface area contributed by atoms with Gasteiger partial charge in [-0.3, -0.25) is 0 Å². The Labute approximate surface area is 128 Å². The molecule has 0 aliphatic carbocycles. The molecule has 0 saturated carbocycles. The molecule has 1 aromatic heterocycles. The molecule has 1 aliphatic heterocycles. The number of benzene rings is 2. The van der Waals surface area contributed by atoms with Crippen LogP contribution in [0, 0.1) is 0 Å². The third-order valence-corrected chi connectivity index (χ3v) is 4.89. The predicted molar refractivity (Wildman–Crippen MR) is 81.0 cm³/mol. The molecule has 0 saturated heterocycles. The average Bonchev–Trinajstić information content (AvgIpc) is 3.08. The van der Waals surface area contributed by atoms with Crippen LogP contribution in [0.15, 0.2) is 42.5 Å². The zero-order chi connectivity index (χ0) is 15.3. The maximum absolute atomic E-state index is 12.8. The minimum absolute atomic E-state index is 0.570. The smallest absolute Gasteiger partial charge is 0.339 e. The number of aromatic nitrogens is 1. The fourth-order valence-electron chi connectivity index (χ4n) is 2.69. The largest absolute Gasteiger partial charge is 0.416 e. The van der Waals surface area contributed by atoms with Gasteiger partial charge in [0.05, 0.1) is 15.8 Å². The van der Waals surface area contributed by atoms with Gasteiger partial charge in [-0.15, -0.1) is 0 Å². The molecular weight excluding hydrogens is 309 g/mol. The summed E-state index contributed by atoms with van der Waals surface area (Å²) in [6.07, 6.45) is -4.32. The van der Waals surface area contributed by atoms with Crippen molar-refractivity contribution in [3.63, 3.8) is 0 Å². The second kappa shape index (κ2) is 4.71. The van der Waals surface area contributed by atoms with Crippen molar-refractivity contribution in [2.24, 2.45) is 0 Å². The average molecular weight is 320 g/mol. The summed E-state index contributed by atoms with van der Waals surface area (Å²) in [7, 11) is 0. The Kier molecular flexibility index (Phi) is 2.91. The number of halogens is 3. The highest BCUT2D eigenvalue weighted by Crippen LogP contribution is 2.37. The van der Waals surface area contributed by atoms with E-state index in [4.69, 9.17) is 0 Å². The highest BCUT2D eigenvalue weighted by atomic mass is 32.1. The summed E-state index contributed by atoms with van der Waals surface area (Å²) < 4.78 is 38.9. The van der Waals surface area contributed by atoms with Crippen LogP contribution in [-0.4, -0.2) is 4.98 Å². The first kappa shape index (κ1) is 13.6. The quantitative estimate of drug-likeness (QED) is 0.638. The molecule has 22 heavy (non-hydrogen) atoms. The molecule has 2 aromatic carbocycles. The Hall–Kier alpha value is -2.08. The van der Waals surface area contributed by atoms with Gasteiger partial charge >= 0.3 is 6.18 Å². The van der Waals surface area contributed by atoms with Crippen molar-refractivity contribution >= 4 is 26.7 Å².